The van der Waals surface area contributed by atoms with Crippen LogP contribution in [-0.4, -0.2) is 23.5 Å². The first-order valence-corrected chi connectivity index (χ1v) is 4.30. The molecule has 0 amide bonds. The van der Waals surface area contributed by atoms with E-state index in [1.54, 1.807) is 0 Å². The van der Waals surface area contributed by atoms with Crippen molar-refractivity contribution in [3.05, 3.63) is 0 Å². The smallest absolute Gasteiger partial charge is 0.292 e. The summed E-state index contributed by atoms with van der Waals surface area (Å²) in [6.45, 7) is 4.56. The largest absolute Gasteiger partial charge is 0.375 e. The average Bonchev–Trinajstić information content (AvgIpc) is 1.59. The normalized spacial score (nSPS) is 16.9. The van der Waals surface area contributed by atoms with Crippen molar-refractivity contribution in [2.24, 2.45) is 5.41 Å². The predicted molar refractivity (Wildman–Crippen MR) is 37.0 cm³/mol. The van der Waals surface area contributed by atoms with Gasteiger partial charge < -0.3 is 5.11 Å². The van der Waals surface area contributed by atoms with Gasteiger partial charge in [-0.15, -0.1) is 0 Å². The van der Waals surface area contributed by atoms with Gasteiger partial charge in [-0.25, -0.2) is 0 Å². The van der Waals surface area contributed by atoms with Gasteiger partial charge in [-0.05, 0) is 0 Å². The van der Waals surface area contributed by atoms with Gasteiger partial charge in [0.25, 0.3) is 10.1 Å². The molecule has 0 aromatic rings. The van der Waals surface area contributed by atoms with Gasteiger partial charge in [-0.2, -0.15) is 8.42 Å². The van der Waals surface area contributed by atoms with Crippen LogP contribution < -0.4 is 0 Å². The van der Waals surface area contributed by atoms with Gasteiger partial charge in [0.15, 0.2) is 5.44 Å². The first-order chi connectivity index (χ1) is 4.15. The maximum absolute atomic E-state index is 10.3. The summed E-state index contributed by atoms with van der Waals surface area (Å²) in [5, 5.41) is 8.88. The summed E-state index contributed by atoms with van der Waals surface area (Å²) < 4.78 is 28.9. The molecule has 5 heteroatoms. The van der Waals surface area contributed by atoms with Crippen LogP contribution in [0.15, 0.2) is 0 Å². The van der Waals surface area contributed by atoms with Crippen LogP contribution in [0.3, 0.4) is 0 Å². The summed E-state index contributed by atoms with van der Waals surface area (Å²) in [7, 11) is -4.30. The molecule has 0 unspecified atom stereocenters. The van der Waals surface area contributed by atoms with Crippen molar-refractivity contribution < 1.29 is 18.1 Å². The lowest BCUT2D eigenvalue weighted by Crippen LogP contribution is -2.33. The number of aliphatic hydroxyl groups is 1. The van der Waals surface area contributed by atoms with Gasteiger partial charge >= 0.3 is 0 Å². The standard InChI is InChI=1S/C5H12O4S/c1-5(2,3)4(6)10(7,8)9/h4,6H,1-3H3,(H,7,8,9)/t4-/m0/s1. The number of rotatable bonds is 1. The molecule has 0 aliphatic carbocycles. The monoisotopic (exact) mass is 168 g/mol. The predicted octanol–water partition coefficient (Wildman–Crippen LogP) is 0.239. The van der Waals surface area contributed by atoms with Crippen LogP contribution in [0, 0.1) is 5.41 Å². The van der Waals surface area contributed by atoms with Crippen molar-refractivity contribution in [1.29, 1.82) is 0 Å². The minimum atomic E-state index is -4.30. The highest BCUT2D eigenvalue weighted by atomic mass is 32.2. The molecule has 0 radical (unpaired) electrons. The molecule has 4 nitrogen and oxygen atoms in total. The van der Waals surface area contributed by atoms with Gasteiger partial charge in [0.05, 0.1) is 0 Å². The van der Waals surface area contributed by atoms with Crippen LogP contribution in [0.1, 0.15) is 20.8 Å². The fourth-order valence-corrected chi connectivity index (χ4v) is 1.34. The highest BCUT2D eigenvalue weighted by molar-refractivity contribution is 7.86. The van der Waals surface area contributed by atoms with Crippen molar-refractivity contribution in [3.63, 3.8) is 0 Å². The van der Waals surface area contributed by atoms with E-state index in [1.807, 2.05) is 0 Å². The molecule has 0 aromatic heterocycles. The Morgan fingerprint density at radius 3 is 1.60 bits per heavy atom. The van der Waals surface area contributed by atoms with E-state index in [1.165, 1.54) is 20.8 Å². The maximum Gasteiger partial charge on any atom is 0.292 e. The molecule has 0 heterocycles. The molecule has 0 saturated carbocycles. The summed E-state index contributed by atoms with van der Waals surface area (Å²) in [5.74, 6) is 0. The van der Waals surface area contributed by atoms with E-state index in [0.717, 1.165) is 0 Å². The Morgan fingerprint density at radius 2 is 1.60 bits per heavy atom. The van der Waals surface area contributed by atoms with Crippen LogP contribution >= 0.6 is 0 Å². The summed E-state index contributed by atoms with van der Waals surface area (Å²) >= 11 is 0. The lowest BCUT2D eigenvalue weighted by molar-refractivity contribution is 0.123. The molecule has 0 aliphatic heterocycles. The minimum absolute atomic E-state index is 0.840. The molecule has 10 heavy (non-hydrogen) atoms. The Kier molecular flexibility index (Phi) is 2.45. The van der Waals surface area contributed by atoms with E-state index in [-0.39, 0.29) is 0 Å². The third kappa shape index (κ3) is 2.64. The molecular weight excluding hydrogens is 156 g/mol. The van der Waals surface area contributed by atoms with E-state index < -0.39 is 21.0 Å². The van der Waals surface area contributed by atoms with Crippen LogP contribution in [0.5, 0.6) is 0 Å². The van der Waals surface area contributed by atoms with Crippen LogP contribution in [-0.2, 0) is 10.1 Å². The quantitative estimate of drug-likeness (QED) is 0.550. The van der Waals surface area contributed by atoms with Crippen LogP contribution in [0.2, 0.25) is 0 Å². The van der Waals surface area contributed by atoms with E-state index >= 15 is 0 Å². The summed E-state index contributed by atoms with van der Waals surface area (Å²) in [5.41, 5.74) is -2.55. The second-order valence-corrected chi connectivity index (χ2v) is 4.71. The van der Waals surface area contributed by atoms with Crippen molar-refractivity contribution in [1.82, 2.24) is 0 Å². The average molecular weight is 168 g/mol. The van der Waals surface area contributed by atoms with E-state index in [0.29, 0.717) is 0 Å². The number of aliphatic hydroxyl groups excluding tert-OH is 1. The summed E-state index contributed by atoms with van der Waals surface area (Å²) in [4.78, 5) is 0. The minimum Gasteiger partial charge on any atom is -0.375 e. The Labute approximate surface area is 60.6 Å². The fraction of sp³-hybridized carbons (Fsp3) is 1.00. The molecule has 0 spiro atoms. The molecule has 0 bridgehead atoms. The molecule has 0 fully saturated rings. The molecular formula is C5H12O4S. The maximum atomic E-state index is 10.3. The van der Waals surface area contributed by atoms with Crippen molar-refractivity contribution in [2.75, 3.05) is 0 Å². The summed E-state index contributed by atoms with van der Waals surface area (Å²) in [6, 6.07) is 0. The Balaban J connectivity index is 4.56. The summed E-state index contributed by atoms with van der Waals surface area (Å²) in [6.07, 6.45) is 0. The van der Waals surface area contributed by atoms with Gasteiger partial charge in [-0.3, -0.25) is 4.55 Å². The van der Waals surface area contributed by atoms with Gasteiger partial charge in [0.2, 0.25) is 0 Å². The zero-order valence-corrected chi connectivity index (χ0v) is 7.01. The van der Waals surface area contributed by atoms with E-state index in [9.17, 15) is 8.42 Å². The van der Waals surface area contributed by atoms with Gasteiger partial charge in [0, 0.05) is 5.41 Å². The third-order valence-electron chi connectivity index (χ3n) is 1.02. The molecule has 0 aliphatic rings. The van der Waals surface area contributed by atoms with E-state index in [4.69, 9.17) is 9.66 Å². The highest BCUT2D eigenvalue weighted by Gasteiger charge is 2.32. The Hall–Kier alpha value is -0.130. The van der Waals surface area contributed by atoms with Crippen molar-refractivity contribution in [2.45, 2.75) is 26.2 Å². The molecule has 0 aromatic carbocycles. The SMILES string of the molecule is CC(C)(C)[C@@H](O)S(=O)(=O)O. The van der Waals surface area contributed by atoms with E-state index in [2.05, 4.69) is 0 Å². The van der Waals surface area contributed by atoms with Gasteiger partial charge in [-0.1, -0.05) is 20.8 Å². The van der Waals surface area contributed by atoms with Crippen molar-refractivity contribution in [3.8, 4) is 0 Å². The first-order valence-electron chi connectivity index (χ1n) is 2.80. The molecule has 62 valence electrons. The molecule has 0 saturated heterocycles. The van der Waals surface area contributed by atoms with Crippen LogP contribution in [0.4, 0.5) is 0 Å². The first kappa shape index (κ1) is 9.87. The Bertz CT molecular complexity index is 198. The van der Waals surface area contributed by atoms with Crippen LogP contribution in [0.25, 0.3) is 0 Å². The zero-order chi connectivity index (χ0) is 8.58. The second-order valence-electron chi connectivity index (χ2n) is 3.23. The lowest BCUT2D eigenvalue weighted by Gasteiger charge is -2.22. The molecule has 1 atom stereocenters. The molecule has 0 rings (SSSR count). The topological polar surface area (TPSA) is 74.6 Å². The fourth-order valence-electron chi connectivity index (χ4n) is 0.447. The zero-order valence-electron chi connectivity index (χ0n) is 6.20. The van der Waals surface area contributed by atoms with Crippen molar-refractivity contribution >= 4 is 10.1 Å². The second kappa shape index (κ2) is 2.48. The number of hydrogen-bond acceptors (Lipinski definition) is 3. The third-order valence-corrected chi connectivity index (χ3v) is 2.29. The highest BCUT2D eigenvalue weighted by Crippen LogP contribution is 2.22. The number of hydrogen-bond donors (Lipinski definition) is 2. The lowest BCUT2D eigenvalue weighted by atomic mass is 9.98. The van der Waals surface area contributed by atoms with Gasteiger partial charge in [0.1, 0.15) is 0 Å². The molecule has 2 N–H and O–H groups in total. The Morgan fingerprint density at radius 1 is 1.30 bits per heavy atom.